The van der Waals surface area contributed by atoms with Crippen molar-refractivity contribution in [1.82, 2.24) is 10.6 Å². The van der Waals surface area contributed by atoms with Crippen molar-refractivity contribution in [3.8, 4) is 0 Å². The predicted octanol–water partition coefficient (Wildman–Crippen LogP) is 1.16. The number of nitrogens with one attached hydrogen (secondary N) is 2. The van der Waals surface area contributed by atoms with Gasteiger partial charge in [-0.15, -0.1) is 0 Å². The molecule has 0 aliphatic carbocycles. The fraction of sp³-hybridized carbons (Fsp3) is 0.308. The van der Waals surface area contributed by atoms with Crippen molar-refractivity contribution in [3.05, 3.63) is 34.3 Å². The molecule has 0 bridgehead atoms. The second kappa shape index (κ2) is 8.31. The van der Waals surface area contributed by atoms with E-state index in [1.807, 2.05) is 0 Å². The highest BCUT2D eigenvalue weighted by molar-refractivity contribution is 9.10. The lowest BCUT2D eigenvalue weighted by molar-refractivity contribution is -0.137. The standard InChI is InChI=1S/C13H15BrN2O4/c14-10-5-3-9(4-6-10)13(20)16-8-11(17)15-7-1-2-12(18)19/h3-6H,1-2,7-8H2,(H,15,17)(H,16,20)(H,18,19). The molecule has 0 saturated carbocycles. The molecule has 1 aromatic carbocycles. The summed E-state index contributed by atoms with van der Waals surface area (Å²) in [6.45, 7) is 0.140. The molecule has 0 radical (unpaired) electrons. The molecule has 0 saturated heterocycles. The van der Waals surface area contributed by atoms with Crippen LogP contribution in [0.4, 0.5) is 0 Å². The number of carboxylic acid groups (broad SMARTS) is 1. The predicted molar refractivity (Wildman–Crippen MR) is 76.4 cm³/mol. The van der Waals surface area contributed by atoms with Gasteiger partial charge in [0.2, 0.25) is 5.91 Å². The maximum Gasteiger partial charge on any atom is 0.303 e. The monoisotopic (exact) mass is 342 g/mol. The summed E-state index contributed by atoms with van der Waals surface area (Å²) in [4.78, 5) is 33.4. The first-order valence-corrected chi connectivity index (χ1v) is 6.80. The zero-order chi connectivity index (χ0) is 15.0. The fourth-order valence-electron chi connectivity index (χ4n) is 1.39. The summed E-state index contributed by atoms with van der Waals surface area (Å²) in [7, 11) is 0. The molecular formula is C13H15BrN2O4. The van der Waals surface area contributed by atoms with Crippen LogP contribution in [-0.2, 0) is 9.59 Å². The maximum absolute atomic E-state index is 11.7. The number of aliphatic carboxylic acids is 1. The van der Waals surface area contributed by atoms with Gasteiger partial charge in [0.1, 0.15) is 0 Å². The number of carbonyl (C=O) groups is 3. The molecule has 0 heterocycles. The minimum Gasteiger partial charge on any atom is -0.481 e. The van der Waals surface area contributed by atoms with E-state index in [4.69, 9.17) is 5.11 Å². The third kappa shape index (κ3) is 6.33. The third-order valence-corrected chi connectivity index (χ3v) is 2.93. The molecule has 0 fully saturated rings. The van der Waals surface area contributed by atoms with Gasteiger partial charge in [-0.2, -0.15) is 0 Å². The van der Waals surface area contributed by atoms with Crippen LogP contribution in [0.5, 0.6) is 0 Å². The van der Waals surface area contributed by atoms with E-state index >= 15 is 0 Å². The maximum atomic E-state index is 11.7. The Morgan fingerprint density at radius 1 is 1.10 bits per heavy atom. The van der Waals surface area contributed by atoms with E-state index in [1.54, 1.807) is 24.3 Å². The third-order valence-electron chi connectivity index (χ3n) is 2.41. The first-order valence-electron chi connectivity index (χ1n) is 6.01. The second-order valence-corrected chi connectivity index (χ2v) is 4.95. The summed E-state index contributed by atoms with van der Waals surface area (Å²) in [6, 6.07) is 6.76. The van der Waals surface area contributed by atoms with Crippen LogP contribution in [0.3, 0.4) is 0 Å². The smallest absolute Gasteiger partial charge is 0.303 e. The second-order valence-electron chi connectivity index (χ2n) is 4.04. The molecule has 7 heteroatoms. The van der Waals surface area contributed by atoms with Gasteiger partial charge in [-0.1, -0.05) is 15.9 Å². The number of benzene rings is 1. The van der Waals surface area contributed by atoms with Crippen molar-refractivity contribution in [2.45, 2.75) is 12.8 Å². The van der Waals surface area contributed by atoms with Crippen LogP contribution in [-0.4, -0.2) is 36.0 Å². The van der Waals surface area contributed by atoms with Gasteiger partial charge in [0.05, 0.1) is 6.54 Å². The van der Waals surface area contributed by atoms with Crippen LogP contribution >= 0.6 is 15.9 Å². The number of amides is 2. The molecule has 1 aromatic rings. The Morgan fingerprint density at radius 3 is 2.35 bits per heavy atom. The van der Waals surface area contributed by atoms with Gasteiger partial charge in [0.25, 0.3) is 5.91 Å². The molecule has 0 aliphatic heterocycles. The number of carbonyl (C=O) groups excluding carboxylic acids is 2. The SMILES string of the molecule is O=C(O)CCCNC(=O)CNC(=O)c1ccc(Br)cc1. The van der Waals surface area contributed by atoms with E-state index in [2.05, 4.69) is 26.6 Å². The van der Waals surface area contributed by atoms with E-state index in [0.29, 0.717) is 12.0 Å². The number of halogens is 1. The first kappa shape index (κ1) is 16.2. The van der Waals surface area contributed by atoms with Gasteiger partial charge < -0.3 is 15.7 Å². The highest BCUT2D eigenvalue weighted by Crippen LogP contribution is 2.10. The summed E-state index contributed by atoms with van der Waals surface area (Å²) < 4.78 is 0.866. The quantitative estimate of drug-likeness (QED) is 0.648. The molecule has 0 spiro atoms. The van der Waals surface area contributed by atoms with Crippen molar-refractivity contribution < 1.29 is 19.5 Å². The number of carboxylic acids is 1. The zero-order valence-corrected chi connectivity index (χ0v) is 12.3. The number of hydrogen-bond acceptors (Lipinski definition) is 3. The van der Waals surface area contributed by atoms with E-state index in [9.17, 15) is 14.4 Å². The van der Waals surface area contributed by atoms with Crippen molar-refractivity contribution in [2.24, 2.45) is 0 Å². The largest absolute Gasteiger partial charge is 0.481 e. The molecule has 0 aromatic heterocycles. The van der Waals surface area contributed by atoms with Crippen LogP contribution in [0, 0.1) is 0 Å². The van der Waals surface area contributed by atoms with Gasteiger partial charge in [0.15, 0.2) is 0 Å². The van der Waals surface area contributed by atoms with Crippen molar-refractivity contribution in [2.75, 3.05) is 13.1 Å². The Hall–Kier alpha value is -1.89. The summed E-state index contributed by atoms with van der Waals surface area (Å²) in [5.74, 6) is -1.58. The lowest BCUT2D eigenvalue weighted by Gasteiger charge is -2.06. The van der Waals surface area contributed by atoms with Gasteiger partial charge in [-0.25, -0.2) is 0 Å². The van der Waals surface area contributed by atoms with E-state index in [-0.39, 0.29) is 31.3 Å². The topological polar surface area (TPSA) is 95.5 Å². The van der Waals surface area contributed by atoms with Crippen LogP contribution in [0.2, 0.25) is 0 Å². The Bertz CT molecular complexity index is 488. The van der Waals surface area contributed by atoms with Gasteiger partial charge >= 0.3 is 5.97 Å². The Morgan fingerprint density at radius 2 is 1.75 bits per heavy atom. The average Bonchev–Trinajstić information content (AvgIpc) is 2.41. The van der Waals surface area contributed by atoms with E-state index in [0.717, 1.165) is 4.47 Å². The molecule has 2 amide bonds. The van der Waals surface area contributed by atoms with E-state index in [1.165, 1.54) is 0 Å². The number of rotatable bonds is 7. The Kier molecular flexibility index (Phi) is 6.72. The molecule has 1 rings (SSSR count). The molecule has 0 atom stereocenters. The molecule has 6 nitrogen and oxygen atoms in total. The Balaban J connectivity index is 2.25. The van der Waals surface area contributed by atoms with Gasteiger partial charge in [0, 0.05) is 23.0 Å². The summed E-state index contributed by atoms with van der Waals surface area (Å²) in [5.41, 5.74) is 0.465. The van der Waals surface area contributed by atoms with Crippen LogP contribution < -0.4 is 10.6 Å². The van der Waals surface area contributed by atoms with Gasteiger partial charge in [-0.3, -0.25) is 14.4 Å². The van der Waals surface area contributed by atoms with Crippen LogP contribution in [0.25, 0.3) is 0 Å². The fourth-order valence-corrected chi connectivity index (χ4v) is 1.66. The Labute approximate surface area is 124 Å². The zero-order valence-electron chi connectivity index (χ0n) is 10.7. The van der Waals surface area contributed by atoms with Crippen LogP contribution in [0.15, 0.2) is 28.7 Å². The van der Waals surface area contributed by atoms with E-state index < -0.39 is 5.97 Å². The van der Waals surface area contributed by atoms with Crippen molar-refractivity contribution in [3.63, 3.8) is 0 Å². The van der Waals surface area contributed by atoms with Gasteiger partial charge in [-0.05, 0) is 30.7 Å². The summed E-state index contributed by atoms with van der Waals surface area (Å²) in [6.07, 6.45) is 0.368. The molecule has 108 valence electrons. The minimum absolute atomic E-state index is 0.00549. The molecule has 20 heavy (non-hydrogen) atoms. The molecule has 0 unspecified atom stereocenters. The lowest BCUT2D eigenvalue weighted by atomic mass is 10.2. The minimum atomic E-state index is -0.900. The summed E-state index contributed by atoms with van der Waals surface area (Å²) in [5, 5.41) is 13.4. The van der Waals surface area contributed by atoms with Crippen LogP contribution in [0.1, 0.15) is 23.2 Å². The van der Waals surface area contributed by atoms with Crippen molar-refractivity contribution >= 4 is 33.7 Å². The molecule has 3 N–H and O–H groups in total. The average molecular weight is 343 g/mol. The molecule has 0 aliphatic rings. The normalized spacial score (nSPS) is 9.85. The lowest BCUT2D eigenvalue weighted by Crippen LogP contribution is -2.37. The highest BCUT2D eigenvalue weighted by atomic mass is 79.9. The highest BCUT2D eigenvalue weighted by Gasteiger charge is 2.07. The van der Waals surface area contributed by atoms with Crippen molar-refractivity contribution in [1.29, 1.82) is 0 Å². The first-order chi connectivity index (χ1) is 9.49. The summed E-state index contributed by atoms with van der Waals surface area (Å²) >= 11 is 3.26. The number of hydrogen-bond donors (Lipinski definition) is 3. The molecular weight excluding hydrogens is 328 g/mol.